The number of halogens is 1. The Morgan fingerprint density at radius 3 is 2.46 bits per heavy atom. The van der Waals surface area contributed by atoms with Gasteiger partial charge in [-0.1, -0.05) is 13.3 Å². The van der Waals surface area contributed by atoms with Crippen molar-refractivity contribution in [1.82, 2.24) is 0 Å². The van der Waals surface area contributed by atoms with Crippen LogP contribution in [0.15, 0.2) is 0 Å². The Bertz CT molecular complexity index is 203. The Labute approximate surface area is 78.2 Å². The van der Waals surface area contributed by atoms with Gasteiger partial charge in [-0.05, 0) is 6.42 Å². The van der Waals surface area contributed by atoms with Gasteiger partial charge in [-0.15, -0.1) is 0 Å². The number of alkyl halides is 1. The third-order valence-corrected chi connectivity index (χ3v) is 2.06. The van der Waals surface area contributed by atoms with Crippen molar-refractivity contribution in [3.63, 3.8) is 0 Å². The molecule has 0 bridgehead atoms. The molecule has 0 fully saturated rings. The van der Waals surface area contributed by atoms with E-state index in [1.165, 1.54) is 0 Å². The van der Waals surface area contributed by atoms with E-state index >= 15 is 0 Å². The first-order valence-electron chi connectivity index (χ1n) is 4.13. The van der Waals surface area contributed by atoms with E-state index in [0.717, 1.165) is 12.8 Å². The zero-order valence-corrected chi connectivity index (χ0v) is 8.48. The van der Waals surface area contributed by atoms with Gasteiger partial charge in [-0.3, -0.25) is 4.18 Å². The van der Waals surface area contributed by atoms with Crippen molar-refractivity contribution in [3.8, 4) is 0 Å². The van der Waals surface area contributed by atoms with Gasteiger partial charge >= 0.3 is 0 Å². The van der Waals surface area contributed by atoms with Gasteiger partial charge in [-0.2, -0.15) is 8.42 Å². The molecule has 0 aliphatic carbocycles. The molecule has 0 aliphatic heterocycles. The number of rotatable bonds is 8. The molecular formula is C7H15FO4S. The smallest absolute Gasteiger partial charge is 0.297 e. The lowest BCUT2D eigenvalue weighted by atomic mass is 10.4. The van der Waals surface area contributed by atoms with Crippen LogP contribution in [0.1, 0.15) is 19.8 Å². The molecule has 0 radical (unpaired) electrons. The van der Waals surface area contributed by atoms with Crippen LogP contribution in [0.25, 0.3) is 0 Å². The van der Waals surface area contributed by atoms with Gasteiger partial charge in [0.25, 0.3) is 10.1 Å². The molecule has 0 saturated carbocycles. The monoisotopic (exact) mass is 214 g/mol. The van der Waals surface area contributed by atoms with E-state index in [4.69, 9.17) is 4.74 Å². The Morgan fingerprint density at radius 2 is 1.92 bits per heavy atom. The minimum Gasteiger partial charge on any atom is -0.379 e. The second-order valence-corrected chi connectivity index (χ2v) is 4.02. The predicted octanol–water partition coefficient (Wildman–Crippen LogP) is 1.08. The Morgan fingerprint density at radius 1 is 1.23 bits per heavy atom. The Balaban J connectivity index is 3.26. The third kappa shape index (κ3) is 8.14. The van der Waals surface area contributed by atoms with Gasteiger partial charge < -0.3 is 4.74 Å². The highest BCUT2D eigenvalue weighted by molar-refractivity contribution is 7.86. The summed E-state index contributed by atoms with van der Waals surface area (Å²) < 4.78 is 41.8. The van der Waals surface area contributed by atoms with Crippen LogP contribution in [-0.4, -0.2) is 34.2 Å². The predicted molar refractivity (Wildman–Crippen MR) is 46.6 cm³/mol. The molecule has 0 aromatic carbocycles. The minimum absolute atomic E-state index is 0.115. The van der Waals surface area contributed by atoms with Crippen LogP contribution in [0.2, 0.25) is 0 Å². The molecule has 0 rings (SSSR count). The largest absolute Gasteiger partial charge is 0.379 e. The zero-order valence-electron chi connectivity index (χ0n) is 7.66. The quantitative estimate of drug-likeness (QED) is 0.448. The van der Waals surface area contributed by atoms with Crippen molar-refractivity contribution in [3.05, 3.63) is 0 Å². The van der Waals surface area contributed by atoms with Crippen LogP contribution in [0.5, 0.6) is 0 Å². The fourth-order valence-corrected chi connectivity index (χ4v) is 0.985. The van der Waals surface area contributed by atoms with Crippen LogP contribution >= 0.6 is 0 Å². The van der Waals surface area contributed by atoms with Gasteiger partial charge in [0.15, 0.2) is 0 Å². The number of ether oxygens (including phenoxy) is 1. The standard InChI is InChI=1S/C7H15FO4S/c1-2-3-4-11-5-6-12-13(9,10)7-8/h2-7H2,1H3. The Hall–Kier alpha value is -0.200. The average Bonchev–Trinajstić information content (AvgIpc) is 2.11. The summed E-state index contributed by atoms with van der Waals surface area (Å²) in [6.07, 6.45) is 1.94. The van der Waals surface area contributed by atoms with Crippen LogP contribution in [0, 0.1) is 0 Å². The molecule has 0 amide bonds. The van der Waals surface area contributed by atoms with E-state index in [0.29, 0.717) is 6.61 Å². The zero-order chi connectivity index (χ0) is 10.2. The van der Waals surface area contributed by atoms with Gasteiger partial charge in [0.1, 0.15) is 0 Å². The Kier molecular flexibility index (Phi) is 7.12. The molecule has 0 saturated heterocycles. The molecule has 4 nitrogen and oxygen atoms in total. The summed E-state index contributed by atoms with van der Waals surface area (Å²) in [7, 11) is -3.96. The van der Waals surface area contributed by atoms with Crippen molar-refractivity contribution < 1.29 is 21.7 Å². The second kappa shape index (κ2) is 7.23. The summed E-state index contributed by atoms with van der Waals surface area (Å²) >= 11 is 0. The van der Waals surface area contributed by atoms with Crippen LogP contribution in [-0.2, 0) is 19.0 Å². The lowest BCUT2D eigenvalue weighted by Crippen LogP contribution is -2.12. The van der Waals surface area contributed by atoms with Gasteiger partial charge in [-0.25, -0.2) is 4.39 Å². The maximum absolute atomic E-state index is 11.6. The number of unbranched alkanes of at least 4 members (excludes halogenated alkanes) is 1. The van der Waals surface area contributed by atoms with E-state index in [2.05, 4.69) is 4.18 Å². The van der Waals surface area contributed by atoms with Crippen molar-refractivity contribution in [2.24, 2.45) is 0 Å². The molecule has 0 N–H and O–H groups in total. The first kappa shape index (κ1) is 12.8. The lowest BCUT2D eigenvalue weighted by Gasteiger charge is -2.03. The minimum atomic E-state index is -3.96. The molecule has 0 spiro atoms. The molecular weight excluding hydrogens is 199 g/mol. The van der Waals surface area contributed by atoms with Crippen LogP contribution in [0.3, 0.4) is 0 Å². The maximum Gasteiger partial charge on any atom is 0.297 e. The maximum atomic E-state index is 11.6. The van der Waals surface area contributed by atoms with Crippen molar-refractivity contribution in [2.45, 2.75) is 19.8 Å². The highest BCUT2D eigenvalue weighted by Gasteiger charge is 2.08. The summed E-state index contributed by atoms with van der Waals surface area (Å²) in [5.41, 5.74) is 0. The SMILES string of the molecule is CCCCOCCOS(=O)(=O)CF. The number of hydrogen-bond donors (Lipinski definition) is 0. The average molecular weight is 214 g/mol. The highest BCUT2D eigenvalue weighted by Crippen LogP contribution is 1.94. The van der Waals surface area contributed by atoms with Crippen molar-refractivity contribution in [1.29, 1.82) is 0 Å². The summed E-state index contributed by atoms with van der Waals surface area (Å²) in [5, 5.41) is 0. The number of hydrogen-bond acceptors (Lipinski definition) is 4. The van der Waals surface area contributed by atoms with Crippen molar-refractivity contribution >= 4 is 10.1 Å². The van der Waals surface area contributed by atoms with Crippen LogP contribution in [0.4, 0.5) is 4.39 Å². The van der Waals surface area contributed by atoms with Crippen LogP contribution < -0.4 is 0 Å². The molecule has 0 aliphatic rings. The second-order valence-electron chi connectivity index (χ2n) is 2.45. The molecule has 80 valence electrons. The molecule has 6 heteroatoms. The first-order chi connectivity index (χ1) is 6.12. The van der Waals surface area contributed by atoms with Gasteiger partial charge in [0.05, 0.1) is 13.2 Å². The fourth-order valence-electron chi connectivity index (χ4n) is 0.600. The lowest BCUT2D eigenvalue weighted by molar-refractivity contribution is 0.0994. The summed E-state index contributed by atoms with van der Waals surface area (Å²) in [5.74, 6) is 0. The van der Waals surface area contributed by atoms with E-state index in [-0.39, 0.29) is 13.2 Å². The molecule has 0 atom stereocenters. The van der Waals surface area contributed by atoms with E-state index in [1.54, 1.807) is 0 Å². The summed E-state index contributed by atoms with van der Waals surface area (Å²) in [4.78, 5) is 0. The van der Waals surface area contributed by atoms with E-state index in [1.807, 2.05) is 6.92 Å². The summed E-state index contributed by atoms with van der Waals surface area (Å²) in [6.45, 7) is 2.66. The third-order valence-electron chi connectivity index (χ3n) is 1.27. The topological polar surface area (TPSA) is 52.6 Å². The van der Waals surface area contributed by atoms with Gasteiger partial charge in [0.2, 0.25) is 6.01 Å². The fraction of sp³-hybridized carbons (Fsp3) is 1.00. The molecule has 0 aromatic heterocycles. The normalized spacial score (nSPS) is 11.8. The van der Waals surface area contributed by atoms with Crippen molar-refractivity contribution in [2.75, 3.05) is 25.8 Å². The molecule has 0 unspecified atom stereocenters. The van der Waals surface area contributed by atoms with E-state index < -0.39 is 16.1 Å². The van der Waals surface area contributed by atoms with E-state index in [9.17, 15) is 12.8 Å². The molecule has 13 heavy (non-hydrogen) atoms. The highest BCUT2D eigenvalue weighted by atomic mass is 32.2. The van der Waals surface area contributed by atoms with Gasteiger partial charge in [0, 0.05) is 6.61 Å². The molecule has 0 heterocycles. The first-order valence-corrected chi connectivity index (χ1v) is 5.71. The summed E-state index contributed by atoms with van der Waals surface area (Å²) in [6, 6.07) is -1.48. The molecule has 0 aromatic rings.